The fourth-order valence-corrected chi connectivity index (χ4v) is 1.97. The van der Waals surface area contributed by atoms with Crippen LogP contribution in [0.1, 0.15) is 16.1 Å². The molecule has 1 aromatic heterocycles. The van der Waals surface area contributed by atoms with Crippen LogP contribution in [0.5, 0.6) is 0 Å². The summed E-state index contributed by atoms with van der Waals surface area (Å²) in [4.78, 5) is 11.7. The Labute approximate surface area is 105 Å². The first kappa shape index (κ1) is 11.2. The second-order valence-electron chi connectivity index (χ2n) is 3.23. The van der Waals surface area contributed by atoms with Gasteiger partial charge < -0.3 is 5.32 Å². The lowest BCUT2D eigenvalue weighted by atomic mass is 10.2. The molecule has 0 bridgehead atoms. The van der Waals surface area contributed by atoms with E-state index in [-0.39, 0.29) is 5.91 Å². The third kappa shape index (κ3) is 2.45. The molecule has 2 aromatic rings. The molecule has 0 fully saturated rings. The van der Waals surface area contributed by atoms with Gasteiger partial charge in [0, 0.05) is 9.85 Å². The highest BCUT2D eigenvalue weighted by Crippen LogP contribution is 2.23. The number of carbonyl (C=O) groups is 1. The maximum atomic E-state index is 11.7. The van der Waals surface area contributed by atoms with Gasteiger partial charge in [0.1, 0.15) is 0 Å². The summed E-state index contributed by atoms with van der Waals surface area (Å²) >= 11 is 4.53. The molecule has 0 atom stereocenters. The third-order valence-electron chi connectivity index (χ3n) is 1.96. The summed E-state index contributed by atoms with van der Waals surface area (Å²) in [5.41, 5.74) is 2.14. The molecule has 6 heteroatoms. The quantitative estimate of drug-likeness (QED) is 0.927. The van der Waals surface area contributed by atoms with E-state index in [9.17, 15) is 4.79 Å². The van der Waals surface area contributed by atoms with Crippen LogP contribution < -0.4 is 5.32 Å². The van der Waals surface area contributed by atoms with Crippen molar-refractivity contribution in [3.05, 3.63) is 39.3 Å². The Balaban J connectivity index is 2.21. The standard InChI is InChI=1S/C10H8BrN3OS/c1-6-2-3-7(11)8(4-6)12-10(15)9-5-16-14-13-9/h2-5H,1H3,(H,12,15). The van der Waals surface area contributed by atoms with E-state index in [4.69, 9.17) is 0 Å². The largest absolute Gasteiger partial charge is 0.320 e. The predicted octanol–water partition coefficient (Wildman–Crippen LogP) is 2.86. The van der Waals surface area contributed by atoms with Crippen LogP contribution in [0.2, 0.25) is 0 Å². The van der Waals surface area contributed by atoms with Gasteiger partial charge in [0.25, 0.3) is 5.91 Å². The molecule has 0 saturated heterocycles. The second kappa shape index (κ2) is 4.71. The molecule has 0 saturated carbocycles. The van der Waals surface area contributed by atoms with E-state index in [0.717, 1.165) is 27.3 Å². The molecule has 82 valence electrons. The number of hydrogen-bond donors (Lipinski definition) is 1. The van der Waals surface area contributed by atoms with Crippen LogP contribution in [-0.4, -0.2) is 15.5 Å². The summed E-state index contributed by atoms with van der Waals surface area (Å²) in [6.45, 7) is 1.96. The van der Waals surface area contributed by atoms with Gasteiger partial charge in [-0.05, 0) is 52.1 Å². The van der Waals surface area contributed by atoms with E-state index in [2.05, 4.69) is 30.8 Å². The normalized spacial score (nSPS) is 10.1. The van der Waals surface area contributed by atoms with Gasteiger partial charge in [-0.25, -0.2) is 0 Å². The van der Waals surface area contributed by atoms with Crippen molar-refractivity contribution in [1.82, 2.24) is 9.59 Å². The van der Waals surface area contributed by atoms with Crippen molar-refractivity contribution in [3.63, 3.8) is 0 Å². The smallest absolute Gasteiger partial charge is 0.277 e. The van der Waals surface area contributed by atoms with Gasteiger partial charge >= 0.3 is 0 Å². The van der Waals surface area contributed by atoms with Crippen molar-refractivity contribution in [3.8, 4) is 0 Å². The Morgan fingerprint density at radius 2 is 2.31 bits per heavy atom. The van der Waals surface area contributed by atoms with E-state index in [1.165, 1.54) is 0 Å². The van der Waals surface area contributed by atoms with E-state index in [0.29, 0.717) is 5.69 Å². The van der Waals surface area contributed by atoms with Crippen molar-refractivity contribution in [1.29, 1.82) is 0 Å². The molecule has 4 nitrogen and oxygen atoms in total. The number of aryl methyl sites for hydroxylation is 1. The van der Waals surface area contributed by atoms with Crippen molar-refractivity contribution in [2.75, 3.05) is 5.32 Å². The third-order valence-corrected chi connectivity index (χ3v) is 3.16. The van der Waals surface area contributed by atoms with Gasteiger partial charge in [-0.15, -0.1) is 5.10 Å². The zero-order valence-corrected chi connectivity index (χ0v) is 10.8. The van der Waals surface area contributed by atoms with Gasteiger partial charge in [-0.2, -0.15) is 0 Å². The fourth-order valence-electron chi connectivity index (χ4n) is 1.18. The van der Waals surface area contributed by atoms with Crippen LogP contribution in [0.25, 0.3) is 0 Å². The minimum atomic E-state index is -0.250. The van der Waals surface area contributed by atoms with Crippen LogP contribution in [0, 0.1) is 6.92 Å². The van der Waals surface area contributed by atoms with E-state index in [1.54, 1.807) is 5.38 Å². The fraction of sp³-hybridized carbons (Fsp3) is 0.100. The number of anilines is 1. The van der Waals surface area contributed by atoms with Gasteiger partial charge in [0.2, 0.25) is 0 Å². The summed E-state index contributed by atoms with van der Waals surface area (Å²) in [7, 11) is 0. The molecular weight excluding hydrogens is 290 g/mol. The number of rotatable bonds is 2. The minimum Gasteiger partial charge on any atom is -0.320 e. The van der Waals surface area contributed by atoms with Crippen molar-refractivity contribution >= 4 is 39.1 Å². The Morgan fingerprint density at radius 1 is 1.50 bits per heavy atom. The van der Waals surface area contributed by atoms with Gasteiger partial charge in [0.15, 0.2) is 5.69 Å². The lowest BCUT2D eigenvalue weighted by Gasteiger charge is -2.06. The zero-order valence-electron chi connectivity index (χ0n) is 8.40. The van der Waals surface area contributed by atoms with Gasteiger partial charge in [0.05, 0.1) is 5.69 Å². The lowest BCUT2D eigenvalue weighted by molar-refractivity contribution is 0.102. The van der Waals surface area contributed by atoms with Crippen LogP contribution >= 0.6 is 27.5 Å². The SMILES string of the molecule is Cc1ccc(Br)c(NC(=O)c2csnn2)c1. The maximum absolute atomic E-state index is 11.7. The Bertz CT molecular complexity index is 513. The molecule has 1 heterocycles. The zero-order chi connectivity index (χ0) is 11.5. The topological polar surface area (TPSA) is 54.9 Å². The number of benzene rings is 1. The molecule has 2 rings (SSSR count). The van der Waals surface area contributed by atoms with Crippen LogP contribution in [0.4, 0.5) is 5.69 Å². The molecule has 1 amide bonds. The first-order chi connectivity index (χ1) is 7.66. The Hall–Kier alpha value is -1.27. The van der Waals surface area contributed by atoms with Crippen molar-refractivity contribution < 1.29 is 4.79 Å². The van der Waals surface area contributed by atoms with Crippen molar-refractivity contribution in [2.45, 2.75) is 6.92 Å². The van der Waals surface area contributed by atoms with E-state index >= 15 is 0 Å². The number of hydrogen-bond acceptors (Lipinski definition) is 4. The molecule has 1 aromatic carbocycles. The van der Waals surface area contributed by atoms with Gasteiger partial charge in [-0.1, -0.05) is 10.6 Å². The molecular formula is C10H8BrN3OS. The highest BCUT2D eigenvalue weighted by atomic mass is 79.9. The first-order valence-corrected chi connectivity index (χ1v) is 6.14. The minimum absolute atomic E-state index is 0.250. The molecule has 0 aliphatic heterocycles. The van der Waals surface area contributed by atoms with E-state index in [1.807, 2.05) is 25.1 Å². The summed E-state index contributed by atoms with van der Waals surface area (Å²) in [6.07, 6.45) is 0. The molecule has 1 N–H and O–H groups in total. The number of carbonyl (C=O) groups excluding carboxylic acids is 1. The maximum Gasteiger partial charge on any atom is 0.277 e. The molecule has 0 aliphatic rings. The summed E-state index contributed by atoms with van der Waals surface area (Å²) in [5, 5.41) is 8.09. The van der Waals surface area contributed by atoms with Gasteiger partial charge in [-0.3, -0.25) is 4.79 Å². The molecule has 0 aliphatic carbocycles. The van der Waals surface area contributed by atoms with Crippen LogP contribution in [-0.2, 0) is 0 Å². The van der Waals surface area contributed by atoms with E-state index < -0.39 is 0 Å². The summed E-state index contributed by atoms with van der Waals surface area (Å²) in [5.74, 6) is -0.250. The molecule has 0 radical (unpaired) electrons. The number of nitrogens with one attached hydrogen (secondary N) is 1. The first-order valence-electron chi connectivity index (χ1n) is 4.51. The monoisotopic (exact) mass is 297 g/mol. The second-order valence-corrected chi connectivity index (χ2v) is 4.69. The highest BCUT2D eigenvalue weighted by Gasteiger charge is 2.10. The Morgan fingerprint density at radius 3 is 3.00 bits per heavy atom. The highest BCUT2D eigenvalue weighted by molar-refractivity contribution is 9.10. The number of nitrogens with zero attached hydrogens (tertiary/aromatic N) is 2. The lowest BCUT2D eigenvalue weighted by Crippen LogP contribution is -2.12. The van der Waals surface area contributed by atoms with Crippen LogP contribution in [0.15, 0.2) is 28.1 Å². The molecule has 0 spiro atoms. The average Bonchev–Trinajstić information content (AvgIpc) is 2.76. The number of halogens is 1. The number of amides is 1. The average molecular weight is 298 g/mol. The van der Waals surface area contributed by atoms with Crippen LogP contribution in [0.3, 0.4) is 0 Å². The molecule has 16 heavy (non-hydrogen) atoms. The molecule has 0 unspecified atom stereocenters. The predicted molar refractivity (Wildman–Crippen MR) is 66.7 cm³/mol. The summed E-state index contributed by atoms with van der Waals surface area (Å²) < 4.78 is 4.49. The number of aromatic nitrogens is 2. The summed E-state index contributed by atoms with van der Waals surface area (Å²) in [6, 6.07) is 5.75. The Kier molecular flexibility index (Phi) is 3.31. The van der Waals surface area contributed by atoms with Crippen molar-refractivity contribution in [2.24, 2.45) is 0 Å².